The maximum atomic E-state index is 11.9. The highest BCUT2D eigenvalue weighted by Crippen LogP contribution is 2.26. The summed E-state index contributed by atoms with van der Waals surface area (Å²) in [6, 6.07) is 2.98. The van der Waals surface area contributed by atoms with E-state index in [1.807, 2.05) is 13.8 Å². The molecule has 2 heterocycles. The summed E-state index contributed by atoms with van der Waals surface area (Å²) >= 11 is 1.30. The van der Waals surface area contributed by atoms with Gasteiger partial charge in [-0.05, 0) is 18.1 Å². The van der Waals surface area contributed by atoms with Crippen molar-refractivity contribution in [2.75, 3.05) is 5.32 Å². The lowest BCUT2D eigenvalue weighted by molar-refractivity contribution is -0.119. The number of nitrogens with two attached hydrogens (primary N) is 1. The van der Waals surface area contributed by atoms with Crippen LogP contribution in [-0.2, 0) is 16.1 Å². The smallest absolute Gasteiger partial charge is 0.243 e. The van der Waals surface area contributed by atoms with Crippen molar-refractivity contribution < 1.29 is 14.0 Å². The van der Waals surface area contributed by atoms with E-state index >= 15 is 0 Å². The van der Waals surface area contributed by atoms with Crippen molar-refractivity contribution in [3.63, 3.8) is 0 Å². The molecule has 0 saturated heterocycles. The van der Waals surface area contributed by atoms with Crippen molar-refractivity contribution >= 4 is 40.7 Å². The SMILES string of the molecule is CC(=O)NCc1ccc(-c2csc(NC(=O)[C@@H](N)C(C)C)n2)o1.Cl. The number of nitrogens with one attached hydrogen (secondary N) is 2. The number of amides is 2. The fraction of sp³-hybridized carbons (Fsp3) is 0.400. The van der Waals surface area contributed by atoms with Gasteiger partial charge in [-0.2, -0.15) is 0 Å². The van der Waals surface area contributed by atoms with Gasteiger partial charge in [0.1, 0.15) is 11.5 Å². The molecule has 0 spiro atoms. The fourth-order valence-electron chi connectivity index (χ4n) is 1.76. The van der Waals surface area contributed by atoms with E-state index in [9.17, 15) is 9.59 Å². The van der Waals surface area contributed by atoms with Crippen LogP contribution in [0.5, 0.6) is 0 Å². The number of halogens is 1. The minimum Gasteiger partial charge on any atom is -0.458 e. The molecule has 0 bridgehead atoms. The van der Waals surface area contributed by atoms with Crippen molar-refractivity contribution in [2.45, 2.75) is 33.4 Å². The highest BCUT2D eigenvalue weighted by molar-refractivity contribution is 7.14. The van der Waals surface area contributed by atoms with Crippen LogP contribution in [0.1, 0.15) is 26.5 Å². The average molecular weight is 373 g/mol. The van der Waals surface area contributed by atoms with E-state index in [-0.39, 0.29) is 30.1 Å². The van der Waals surface area contributed by atoms with Crippen LogP contribution in [0.2, 0.25) is 0 Å². The molecule has 0 aliphatic carbocycles. The summed E-state index contributed by atoms with van der Waals surface area (Å²) in [4.78, 5) is 27.1. The van der Waals surface area contributed by atoms with Crippen molar-refractivity contribution in [2.24, 2.45) is 11.7 Å². The van der Waals surface area contributed by atoms with Gasteiger partial charge in [-0.3, -0.25) is 9.59 Å². The summed E-state index contributed by atoms with van der Waals surface area (Å²) in [7, 11) is 0. The predicted molar refractivity (Wildman–Crippen MR) is 96.0 cm³/mol. The second-order valence-corrected chi connectivity index (χ2v) is 6.33. The van der Waals surface area contributed by atoms with Gasteiger partial charge in [-0.15, -0.1) is 23.7 Å². The summed E-state index contributed by atoms with van der Waals surface area (Å²) < 4.78 is 5.62. The van der Waals surface area contributed by atoms with Crippen molar-refractivity contribution in [3.8, 4) is 11.5 Å². The molecule has 7 nitrogen and oxygen atoms in total. The lowest BCUT2D eigenvalue weighted by atomic mass is 10.1. The first-order chi connectivity index (χ1) is 10.9. The number of anilines is 1. The molecule has 2 rings (SSSR count). The van der Waals surface area contributed by atoms with Crippen molar-refractivity contribution in [1.29, 1.82) is 0 Å². The van der Waals surface area contributed by atoms with Crippen molar-refractivity contribution in [1.82, 2.24) is 10.3 Å². The van der Waals surface area contributed by atoms with E-state index < -0.39 is 6.04 Å². The quantitative estimate of drug-likeness (QED) is 0.721. The highest BCUT2D eigenvalue weighted by atomic mass is 35.5. The van der Waals surface area contributed by atoms with Gasteiger partial charge < -0.3 is 20.8 Å². The Kier molecular flexibility index (Phi) is 7.40. The standard InChI is InChI=1S/C15H20N4O3S.ClH/c1-8(2)13(16)14(21)19-15-18-11(7-23-15)12-5-4-10(22-12)6-17-9(3)20;/h4-5,7-8,13H,6,16H2,1-3H3,(H,17,20)(H,18,19,21);1H/t13-;/m0./s1. The Morgan fingerprint density at radius 1 is 1.38 bits per heavy atom. The fourth-order valence-corrected chi connectivity index (χ4v) is 2.46. The molecule has 0 saturated carbocycles. The number of thiazole rings is 1. The Morgan fingerprint density at radius 2 is 2.08 bits per heavy atom. The Labute approximate surface area is 150 Å². The molecule has 4 N–H and O–H groups in total. The number of rotatable bonds is 6. The Bertz CT molecular complexity index is 698. The van der Waals surface area contributed by atoms with Crippen LogP contribution in [0.25, 0.3) is 11.5 Å². The van der Waals surface area contributed by atoms with Crippen LogP contribution in [0.15, 0.2) is 21.9 Å². The molecule has 24 heavy (non-hydrogen) atoms. The molecule has 0 aromatic carbocycles. The van der Waals surface area contributed by atoms with E-state index in [4.69, 9.17) is 10.2 Å². The predicted octanol–water partition coefficient (Wildman–Crippen LogP) is 2.38. The molecule has 0 aliphatic heterocycles. The molecule has 0 aliphatic rings. The summed E-state index contributed by atoms with van der Waals surface area (Å²) in [5, 5.41) is 7.63. The molecule has 132 valence electrons. The van der Waals surface area contributed by atoms with E-state index in [0.717, 1.165) is 0 Å². The normalized spacial score (nSPS) is 11.7. The summed E-state index contributed by atoms with van der Waals surface area (Å²) in [5.41, 5.74) is 6.42. The number of hydrogen-bond donors (Lipinski definition) is 3. The molecule has 9 heteroatoms. The highest BCUT2D eigenvalue weighted by Gasteiger charge is 2.19. The molecule has 0 unspecified atom stereocenters. The minimum atomic E-state index is -0.574. The topological polar surface area (TPSA) is 110 Å². The minimum absolute atomic E-state index is 0. The second-order valence-electron chi connectivity index (χ2n) is 5.47. The van der Waals surface area contributed by atoms with Gasteiger partial charge in [-0.1, -0.05) is 13.8 Å². The molecular weight excluding hydrogens is 352 g/mol. The summed E-state index contributed by atoms with van der Waals surface area (Å²) in [6.07, 6.45) is 0. The van der Waals surface area contributed by atoms with Gasteiger partial charge in [0.2, 0.25) is 11.8 Å². The second kappa shape index (κ2) is 8.81. The third-order valence-electron chi connectivity index (χ3n) is 3.18. The molecule has 1 atom stereocenters. The number of aromatic nitrogens is 1. The lowest BCUT2D eigenvalue weighted by Crippen LogP contribution is -2.39. The first-order valence-electron chi connectivity index (χ1n) is 7.22. The lowest BCUT2D eigenvalue weighted by Gasteiger charge is -2.13. The molecule has 2 aromatic rings. The number of carbonyl (C=O) groups is 2. The number of furan rings is 1. The van der Waals surface area contributed by atoms with Crippen LogP contribution in [0.4, 0.5) is 5.13 Å². The number of nitrogens with zero attached hydrogens (tertiary/aromatic N) is 1. The van der Waals surface area contributed by atoms with Gasteiger partial charge in [0.25, 0.3) is 0 Å². The van der Waals surface area contributed by atoms with Gasteiger partial charge >= 0.3 is 0 Å². The largest absolute Gasteiger partial charge is 0.458 e. The first kappa shape index (κ1) is 20.1. The van der Waals surface area contributed by atoms with Crippen LogP contribution in [0.3, 0.4) is 0 Å². The van der Waals surface area contributed by atoms with Crippen molar-refractivity contribution in [3.05, 3.63) is 23.3 Å². The van der Waals surface area contributed by atoms with Crippen LogP contribution in [-0.4, -0.2) is 22.8 Å². The Balaban J connectivity index is 0.00000288. The summed E-state index contributed by atoms with van der Waals surface area (Å²) in [6.45, 7) is 5.54. The first-order valence-corrected chi connectivity index (χ1v) is 8.10. The van der Waals surface area contributed by atoms with Gasteiger partial charge in [0.05, 0.1) is 12.6 Å². The van der Waals surface area contributed by atoms with Crippen LogP contribution >= 0.6 is 23.7 Å². The van der Waals surface area contributed by atoms with E-state index in [1.165, 1.54) is 18.3 Å². The van der Waals surface area contributed by atoms with Crippen LogP contribution in [0, 0.1) is 5.92 Å². The molecule has 2 aromatic heterocycles. The van der Waals surface area contributed by atoms with E-state index in [2.05, 4.69) is 15.6 Å². The molecule has 0 fully saturated rings. The molecular formula is C15H21ClN4O3S. The van der Waals surface area contributed by atoms with E-state index in [0.29, 0.717) is 28.9 Å². The monoisotopic (exact) mass is 372 g/mol. The third kappa shape index (κ3) is 5.33. The average Bonchev–Trinajstić information content (AvgIpc) is 3.12. The van der Waals surface area contributed by atoms with Gasteiger partial charge in [0.15, 0.2) is 10.9 Å². The zero-order chi connectivity index (χ0) is 17.0. The Morgan fingerprint density at radius 3 is 2.71 bits per heavy atom. The van der Waals surface area contributed by atoms with Crippen LogP contribution < -0.4 is 16.4 Å². The number of hydrogen-bond acceptors (Lipinski definition) is 6. The van der Waals surface area contributed by atoms with Gasteiger partial charge in [-0.25, -0.2) is 4.98 Å². The summed E-state index contributed by atoms with van der Waals surface area (Å²) in [5.74, 6) is 0.886. The molecule has 2 amide bonds. The third-order valence-corrected chi connectivity index (χ3v) is 3.94. The Hall–Kier alpha value is -1.90. The number of carbonyl (C=O) groups excluding carboxylic acids is 2. The van der Waals surface area contributed by atoms with E-state index in [1.54, 1.807) is 17.5 Å². The zero-order valence-corrected chi connectivity index (χ0v) is 15.3. The zero-order valence-electron chi connectivity index (χ0n) is 13.7. The maximum Gasteiger partial charge on any atom is 0.243 e. The van der Waals surface area contributed by atoms with Gasteiger partial charge in [0, 0.05) is 12.3 Å². The molecule has 0 radical (unpaired) electrons. The maximum absolute atomic E-state index is 11.9.